The van der Waals surface area contributed by atoms with Gasteiger partial charge in [-0.3, -0.25) is 4.90 Å². The van der Waals surface area contributed by atoms with Crippen LogP contribution in [0.3, 0.4) is 0 Å². The van der Waals surface area contributed by atoms with Crippen molar-refractivity contribution in [1.82, 2.24) is 10.2 Å². The predicted octanol–water partition coefficient (Wildman–Crippen LogP) is 2.49. The highest BCUT2D eigenvalue weighted by Crippen LogP contribution is 2.11. The molecule has 1 N–H and O–H groups in total. The van der Waals surface area contributed by atoms with E-state index in [9.17, 15) is 0 Å². The number of hydrogen-bond acceptors (Lipinski definition) is 2. The maximum Gasteiger partial charge on any atom is 0.0192 e. The van der Waals surface area contributed by atoms with E-state index >= 15 is 0 Å². The number of hydrogen-bond donors (Lipinski definition) is 1. The van der Waals surface area contributed by atoms with Crippen molar-refractivity contribution in [1.29, 1.82) is 0 Å². The Hall–Kier alpha value is -0.0800. The third-order valence-electron chi connectivity index (χ3n) is 3.75. The van der Waals surface area contributed by atoms with Gasteiger partial charge in [0.25, 0.3) is 0 Å². The molecule has 0 amide bonds. The molecule has 2 heteroatoms. The molecule has 0 saturated carbocycles. The standard InChI is InChI=1S/C13H28N2/c1-11(2)13(4)14-10-12(3)15-8-6-5-7-9-15/h11-14H,5-10H2,1-4H3. The highest BCUT2D eigenvalue weighted by molar-refractivity contribution is 4.75. The first-order valence-electron chi connectivity index (χ1n) is 6.58. The summed E-state index contributed by atoms with van der Waals surface area (Å²) in [5.41, 5.74) is 0. The highest BCUT2D eigenvalue weighted by Gasteiger charge is 2.17. The van der Waals surface area contributed by atoms with E-state index in [1.807, 2.05) is 0 Å². The molecule has 1 rings (SSSR count). The van der Waals surface area contributed by atoms with Crippen LogP contribution in [0.15, 0.2) is 0 Å². The molecule has 0 aromatic rings. The summed E-state index contributed by atoms with van der Waals surface area (Å²) >= 11 is 0. The Morgan fingerprint density at radius 1 is 1.00 bits per heavy atom. The van der Waals surface area contributed by atoms with Gasteiger partial charge in [-0.25, -0.2) is 0 Å². The molecule has 0 bridgehead atoms. The second-order valence-corrected chi connectivity index (χ2v) is 5.39. The van der Waals surface area contributed by atoms with Gasteiger partial charge in [0.1, 0.15) is 0 Å². The minimum Gasteiger partial charge on any atom is -0.312 e. The molecule has 15 heavy (non-hydrogen) atoms. The molecule has 0 aromatic carbocycles. The molecular formula is C13H28N2. The summed E-state index contributed by atoms with van der Waals surface area (Å²) in [6, 6.07) is 1.34. The quantitative estimate of drug-likeness (QED) is 0.753. The van der Waals surface area contributed by atoms with Gasteiger partial charge in [0.2, 0.25) is 0 Å². The van der Waals surface area contributed by atoms with Crippen LogP contribution in [0.5, 0.6) is 0 Å². The first-order chi connectivity index (χ1) is 7.11. The fourth-order valence-corrected chi connectivity index (χ4v) is 2.08. The van der Waals surface area contributed by atoms with Gasteiger partial charge >= 0.3 is 0 Å². The van der Waals surface area contributed by atoms with Crippen molar-refractivity contribution in [2.45, 2.75) is 59.0 Å². The maximum atomic E-state index is 3.64. The number of nitrogens with zero attached hydrogens (tertiary/aromatic N) is 1. The van der Waals surface area contributed by atoms with Gasteiger partial charge in [0, 0.05) is 18.6 Å². The largest absolute Gasteiger partial charge is 0.312 e. The molecule has 1 heterocycles. The van der Waals surface area contributed by atoms with Crippen molar-refractivity contribution in [3.8, 4) is 0 Å². The van der Waals surface area contributed by atoms with Crippen LogP contribution in [0.25, 0.3) is 0 Å². The van der Waals surface area contributed by atoms with Crippen LogP contribution >= 0.6 is 0 Å². The van der Waals surface area contributed by atoms with E-state index in [1.165, 1.54) is 32.4 Å². The number of piperidine rings is 1. The van der Waals surface area contributed by atoms with E-state index in [0.717, 1.165) is 12.5 Å². The summed E-state index contributed by atoms with van der Waals surface area (Å²) in [6.45, 7) is 12.9. The fourth-order valence-electron chi connectivity index (χ4n) is 2.08. The van der Waals surface area contributed by atoms with Crippen LogP contribution in [-0.4, -0.2) is 36.6 Å². The Morgan fingerprint density at radius 2 is 1.60 bits per heavy atom. The molecule has 1 aliphatic rings. The van der Waals surface area contributed by atoms with Crippen LogP contribution in [0.1, 0.15) is 47.0 Å². The zero-order chi connectivity index (χ0) is 11.3. The van der Waals surface area contributed by atoms with Gasteiger partial charge in [0.05, 0.1) is 0 Å². The smallest absolute Gasteiger partial charge is 0.0192 e. The van der Waals surface area contributed by atoms with E-state index in [4.69, 9.17) is 0 Å². The summed E-state index contributed by atoms with van der Waals surface area (Å²) in [5, 5.41) is 3.64. The number of rotatable bonds is 5. The van der Waals surface area contributed by atoms with E-state index in [2.05, 4.69) is 37.9 Å². The monoisotopic (exact) mass is 212 g/mol. The van der Waals surface area contributed by atoms with Gasteiger partial charge in [-0.05, 0) is 45.7 Å². The van der Waals surface area contributed by atoms with Crippen LogP contribution in [0.4, 0.5) is 0 Å². The molecule has 0 aromatic heterocycles. The van der Waals surface area contributed by atoms with Crippen molar-refractivity contribution in [2.75, 3.05) is 19.6 Å². The molecule has 1 saturated heterocycles. The molecule has 2 nitrogen and oxygen atoms in total. The van der Waals surface area contributed by atoms with Gasteiger partial charge in [-0.1, -0.05) is 20.3 Å². The van der Waals surface area contributed by atoms with Crippen molar-refractivity contribution >= 4 is 0 Å². The third kappa shape index (κ3) is 4.52. The summed E-state index contributed by atoms with van der Waals surface area (Å²) < 4.78 is 0. The highest BCUT2D eigenvalue weighted by atomic mass is 15.2. The molecule has 2 unspecified atom stereocenters. The normalized spacial score (nSPS) is 23.0. The lowest BCUT2D eigenvalue weighted by atomic mass is 10.1. The predicted molar refractivity (Wildman–Crippen MR) is 67.2 cm³/mol. The van der Waals surface area contributed by atoms with Gasteiger partial charge in [-0.15, -0.1) is 0 Å². The average Bonchev–Trinajstić information content (AvgIpc) is 2.26. The lowest BCUT2D eigenvalue weighted by Crippen LogP contribution is -2.45. The van der Waals surface area contributed by atoms with Crippen molar-refractivity contribution in [3.63, 3.8) is 0 Å². The van der Waals surface area contributed by atoms with Crippen molar-refractivity contribution < 1.29 is 0 Å². The van der Waals surface area contributed by atoms with Crippen molar-refractivity contribution in [3.05, 3.63) is 0 Å². The molecular weight excluding hydrogens is 184 g/mol. The lowest BCUT2D eigenvalue weighted by Gasteiger charge is -2.33. The molecule has 1 fully saturated rings. The molecule has 90 valence electrons. The zero-order valence-corrected chi connectivity index (χ0v) is 10.9. The first kappa shape index (κ1) is 13.0. The molecule has 1 aliphatic heterocycles. The Kier molecular flexibility index (Phi) is 5.62. The van der Waals surface area contributed by atoms with Crippen LogP contribution in [0.2, 0.25) is 0 Å². The molecule has 0 spiro atoms. The first-order valence-corrected chi connectivity index (χ1v) is 6.58. The SMILES string of the molecule is CC(C)C(C)NCC(C)N1CCCCC1. The van der Waals surface area contributed by atoms with Crippen LogP contribution in [-0.2, 0) is 0 Å². The van der Waals surface area contributed by atoms with E-state index < -0.39 is 0 Å². The Bertz CT molecular complexity index is 162. The second kappa shape index (κ2) is 6.49. The Labute approximate surface area is 95.4 Å². The van der Waals surface area contributed by atoms with E-state index in [1.54, 1.807) is 0 Å². The Morgan fingerprint density at radius 3 is 2.13 bits per heavy atom. The lowest BCUT2D eigenvalue weighted by molar-refractivity contribution is 0.166. The van der Waals surface area contributed by atoms with Crippen LogP contribution in [0, 0.1) is 5.92 Å². The van der Waals surface area contributed by atoms with E-state index in [-0.39, 0.29) is 0 Å². The summed E-state index contributed by atoms with van der Waals surface area (Å²) in [4.78, 5) is 2.63. The van der Waals surface area contributed by atoms with Gasteiger partial charge in [0.15, 0.2) is 0 Å². The molecule has 0 radical (unpaired) electrons. The minimum atomic E-state index is 0.636. The summed E-state index contributed by atoms with van der Waals surface area (Å²) in [6.07, 6.45) is 4.22. The fraction of sp³-hybridized carbons (Fsp3) is 1.00. The summed E-state index contributed by atoms with van der Waals surface area (Å²) in [7, 11) is 0. The van der Waals surface area contributed by atoms with Gasteiger partial charge in [-0.2, -0.15) is 0 Å². The van der Waals surface area contributed by atoms with Crippen molar-refractivity contribution in [2.24, 2.45) is 5.92 Å². The van der Waals surface area contributed by atoms with E-state index in [0.29, 0.717) is 12.1 Å². The third-order valence-corrected chi connectivity index (χ3v) is 3.75. The zero-order valence-electron chi connectivity index (χ0n) is 10.9. The van der Waals surface area contributed by atoms with Crippen LogP contribution < -0.4 is 5.32 Å². The van der Waals surface area contributed by atoms with Gasteiger partial charge < -0.3 is 5.32 Å². The summed E-state index contributed by atoms with van der Waals surface area (Å²) in [5.74, 6) is 0.735. The Balaban J connectivity index is 2.19. The maximum absolute atomic E-state index is 3.64. The second-order valence-electron chi connectivity index (χ2n) is 5.39. The number of nitrogens with one attached hydrogen (secondary N) is 1. The molecule has 2 atom stereocenters. The number of likely N-dealkylation sites (tertiary alicyclic amines) is 1. The average molecular weight is 212 g/mol. The topological polar surface area (TPSA) is 15.3 Å². The molecule has 0 aliphatic carbocycles. The minimum absolute atomic E-state index is 0.636.